The van der Waals surface area contributed by atoms with E-state index in [4.69, 9.17) is 9.47 Å². The highest BCUT2D eigenvalue weighted by Crippen LogP contribution is 2.33. The molecule has 0 aliphatic heterocycles. The van der Waals surface area contributed by atoms with E-state index in [1.165, 1.54) is 39.9 Å². The molecule has 0 radical (unpaired) electrons. The molecular formula is C26H33N3O5S2. The number of hydrogen-bond donors (Lipinski definition) is 1. The zero-order valence-electron chi connectivity index (χ0n) is 21.4. The lowest BCUT2D eigenvalue weighted by atomic mass is 10.1. The number of benzene rings is 2. The number of rotatable bonds is 11. The van der Waals surface area contributed by atoms with Crippen LogP contribution in [-0.2, 0) is 10.0 Å². The number of amides is 1. The van der Waals surface area contributed by atoms with Gasteiger partial charge in [0, 0.05) is 29.6 Å². The summed E-state index contributed by atoms with van der Waals surface area (Å²) in [5.74, 6) is 1.24. The lowest BCUT2D eigenvalue weighted by molar-refractivity contribution is 0.102. The lowest BCUT2D eigenvalue weighted by Crippen LogP contribution is -2.37. The number of methoxy groups -OCH3 is 2. The number of carbonyl (C=O) groups excluding carboxylic acids is 1. The number of sulfonamides is 1. The third-order valence-electron chi connectivity index (χ3n) is 5.30. The van der Waals surface area contributed by atoms with Crippen LogP contribution in [0.4, 0.5) is 5.13 Å². The molecule has 36 heavy (non-hydrogen) atoms. The molecule has 194 valence electrons. The summed E-state index contributed by atoms with van der Waals surface area (Å²) in [5.41, 5.74) is 1.86. The number of anilines is 1. The molecule has 0 aliphatic rings. The maximum Gasteiger partial charge on any atom is 0.257 e. The minimum atomic E-state index is -3.66. The van der Waals surface area contributed by atoms with Gasteiger partial charge in [-0.25, -0.2) is 13.4 Å². The van der Waals surface area contributed by atoms with Gasteiger partial charge in [0.15, 0.2) is 16.6 Å². The summed E-state index contributed by atoms with van der Waals surface area (Å²) in [6.07, 6.45) is 0. The van der Waals surface area contributed by atoms with Gasteiger partial charge in [0.25, 0.3) is 5.91 Å². The first-order valence-corrected chi connectivity index (χ1v) is 14.0. The molecule has 2 aromatic carbocycles. The zero-order chi connectivity index (χ0) is 26.5. The van der Waals surface area contributed by atoms with Crippen molar-refractivity contribution in [3.63, 3.8) is 0 Å². The first-order valence-electron chi connectivity index (χ1n) is 11.6. The summed E-state index contributed by atoms with van der Waals surface area (Å²) in [6.45, 7) is 8.85. The summed E-state index contributed by atoms with van der Waals surface area (Å²) < 4.78 is 38.5. The van der Waals surface area contributed by atoms with Crippen LogP contribution in [0.25, 0.3) is 11.3 Å². The van der Waals surface area contributed by atoms with Crippen molar-refractivity contribution in [2.75, 3.05) is 32.6 Å². The monoisotopic (exact) mass is 531 g/mol. The Balaban J connectivity index is 1.74. The summed E-state index contributed by atoms with van der Waals surface area (Å²) in [6, 6.07) is 11.5. The predicted molar refractivity (Wildman–Crippen MR) is 143 cm³/mol. The van der Waals surface area contributed by atoms with Crippen molar-refractivity contribution in [1.29, 1.82) is 0 Å². The quantitative estimate of drug-likeness (QED) is 0.357. The molecule has 0 aliphatic carbocycles. The highest BCUT2D eigenvalue weighted by atomic mass is 32.2. The summed E-state index contributed by atoms with van der Waals surface area (Å²) in [4.78, 5) is 17.5. The van der Waals surface area contributed by atoms with E-state index in [0.29, 0.717) is 41.0 Å². The molecule has 0 unspecified atom stereocenters. The molecule has 0 bridgehead atoms. The normalized spacial score (nSPS) is 11.8. The number of nitrogens with zero attached hydrogens (tertiary/aromatic N) is 2. The van der Waals surface area contributed by atoms with Crippen molar-refractivity contribution in [2.45, 2.75) is 32.6 Å². The van der Waals surface area contributed by atoms with Gasteiger partial charge in [0.05, 0.1) is 24.8 Å². The van der Waals surface area contributed by atoms with Crippen molar-refractivity contribution in [2.24, 2.45) is 11.8 Å². The Morgan fingerprint density at radius 1 is 0.972 bits per heavy atom. The smallest absolute Gasteiger partial charge is 0.257 e. The maximum atomic E-state index is 13.2. The van der Waals surface area contributed by atoms with Crippen molar-refractivity contribution in [1.82, 2.24) is 9.29 Å². The largest absolute Gasteiger partial charge is 0.493 e. The molecule has 8 nitrogen and oxygen atoms in total. The minimum absolute atomic E-state index is 0.172. The minimum Gasteiger partial charge on any atom is -0.493 e. The van der Waals surface area contributed by atoms with Crippen LogP contribution in [0, 0.1) is 11.8 Å². The fraction of sp³-hybridized carbons (Fsp3) is 0.385. The highest BCUT2D eigenvalue weighted by Gasteiger charge is 2.26. The number of nitrogens with one attached hydrogen (secondary N) is 1. The van der Waals surface area contributed by atoms with Crippen LogP contribution in [-0.4, -0.2) is 50.9 Å². The molecule has 0 saturated carbocycles. The molecule has 1 N–H and O–H groups in total. The van der Waals surface area contributed by atoms with Crippen molar-refractivity contribution < 1.29 is 22.7 Å². The molecule has 1 aromatic heterocycles. The van der Waals surface area contributed by atoms with E-state index in [1.54, 1.807) is 20.3 Å². The molecule has 1 heterocycles. The summed E-state index contributed by atoms with van der Waals surface area (Å²) >= 11 is 1.30. The summed E-state index contributed by atoms with van der Waals surface area (Å²) in [7, 11) is -0.519. The predicted octanol–water partition coefficient (Wildman–Crippen LogP) is 5.38. The number of thiazole rings is 1. The van der Waals surface area contributed by atoms with Gasteiger partial charge in [0.1, 0.15) is 0 Å². The third-order valence-corrected chi connectivity index (χ3v) is 7.90. The maximum absolute atomic E-state index is 13.2. The Kier molecular flexibility index (Phi) is 9.10. The Labute approximate surface area is 217 Å². The van der Waals surface area contributed by atoms with Crippen LogP contribution in [0.15, 0.2) is 52.7 Å². The van der Waals surface area contributed by atoms with E-state index in [1.807, 2.05) is 45.2 Å². The van der Waals surface area contributed by atoms with E-state index in [9.17, 15) is 13.2 Å². The van der Waals surface area contributed by atoms with Crippen molar-refractivity contribution in [3.05, 3.63) is 53.4 Å². The van der Waals surface area contributed by atoms with Gasteiger partial charge in [-0.1, -0.05) is 27.7 Å². The first kappa shape index (κ1) is 27.6. The molecule has 0 fully saturated rings. The average Bonchev–Trinajstić information content (AvgIpc) is 3.31. The Morgan fingerprint density at radius 2 is 1.58 bits per heavy atom. The third kappa shape index (κ3) is 6.63. The van der Waals surface area contributed by atoms with Crippen LogP contribution in [0.1, 0.15) is 38.1 Å². The lowest BCUT2D eigenvalue weighted by Gasteiger charge is -2.25. The summed E-state index contributed by atoms with van der Waals surface area (Å²) in [5, 5.41) is 5.06. The highest BCUT2D eigenvalue weighted by molar-refractivity contribution is 7.89. The topological polar surface area (TPSA) is 97.8 Å². The Bertz CT molecular complexity index is 1280. The molecule has 0 saturated heterocycles. The van der Waals surface area contributed by atoms with Gasteiger partial charge in [-0.15, -0.1) is 11.3 Å². The van der Waals surface area contributed by atoms with E-state index in [0.717, 1.165) is 5.56 Å². The van der Waals surface area contributed by atoms with Gasteiger partial charge in [-0.2, -0.15) is 4.31 Å². The Hall–Kier alpha value is -2.95. The van der Waals surface area contributed by atoms with Gasteiger partial charge in [-0.3, -0.25) is 10.1 Å². The van der Waals surface area contributed by atoms with Gasteiger partial charge in [0.2, 0.25) is 10.0 Å². The first-order chi connectivity index (χ1) is 17.0. The van der Waals surface area contributed by atoms with Gasteiger partial charge >= 0.3 is 0 Å². The molecule has 0 atom stereocenters. The van der Waals surface area contributed by atoms with E-state index in [2.05, 4.69) is 10.3 Å². The molecule has 10 heteroatoms. The number of hydrogen-bond acceptors (Lipinski definition) is 7. The molecule has 3 rings (SSSR count). The Morgan fingerprint density at radius 3 is 2.14 bits per heavy atom. The second kappa shape index (κ2) is 11.9. The van der Waals surface area contributed by atoms with Crippen LogP contribution in [0.2, 0.25) is 0 Å². The van der Waals surface area contributed by atoms with Crippen LogP contribution in [0.3, 0.4) is 0 Å². The second-order valence-electron chi connectivity index (χ2n) is 9.20. The van der Waals surface area contributed by atoms with E-state index < -0.39 is 10.0 Å². The van der Waals surface area contributed by atoms with Crippen LogP contribution in [0.5, 0.6) is 11.5 Å². The zero-order valence-corrected chi connectivity index (χ0v) is 23.1. The second-order valence-corrected chi connectivity index (χ2v) is 12.0. The number of carbonyl (C=O) groups is 1. The fourth-order valence-electron chi connectivity index (χ4n) is 3.64. The van der Waals surface area contributed by atoms with E-state index in [-0.39, 0.29) is 22.6 Å². The fourth-order valence-corrected chi connectivity index (χ4v) is 6.12. The van der Waals surface area contributed by atoms with Crippen molar-refractivity contribution >= 4 is 32.4 Å². The van der Waals surface area contributed by atoms with Gasteiger partial charge in [-0.05, 0) is 54.3 Å². The van der Waals surface area contributed by atoms with Gasteiger partial charge < -0.3 is 9.47 Å². The number of aromatic nitrogens is 1. The molecule has 1 amide bonds. The number of ether oxygens (including phenoxy) is 2. The average molecular weight is 532 g/mol. The molecular weight excluding hydrogens is 498 g/mol. The van der Waals surface area contributed by atoms with E-state index >= 15 is 0 Å². The van der Waals surface area contributed by atoms with Crippen molar-refractivity contribution in [3.8, 4) is 22.8 Å². The standard InChI is InChI=1S/C26H33N3O5S2/c1-17(2)14-29(15-18(3)4)36(31,32)21-10-7-19(8-11-21)25(30)28-26-27-22(16-35-26)20-9-12-23(33-5)24(13-20)34-6/h7-13,16-18H,14-15H2,1-6H3,(H,27,28,30). The van der Waals surface area contributed by atoms with Crippen LogP contribution >= 0.6 is 11.3 Å². The van der Waals surface area contributed by atoms with Crippen LogP contribution < -0.4 is 14.8 Å². The SMILES string of the molecule is COc1ccc(-c2csc(NC(=O)c3ccc(S(=O)(=O)N(CC(C)C)CC(C)C)cc3)n2)cc1OC. The molecule has 0 spiro atoms. The molecule has 3 aromatic rings.